The van der Waals surface area contributed by atoms with E-state index in [1.807, 2.05) is 6.92 Å². The Morgan fingerprint density at radius 3 is 1.89 bits per heavy atom. The number of likely N-dealkylation sites (tertiary alicyclic amines) is 1. The number of carboxylic acids is 1. The van der Waals surface area contributed by atoms with E-state index in [0.717, 1.165) is 45.1 Å². The monoisotopic (exact) mass is 646 g/mol. The van der Waals surface area contributed by atoms with E-state index in [2.05, 4.69) is 50.1 Å². The highest BCUT2D eigenvalue weighted by atomic mass is 16.5. The van der Waals surface area contributed by atoms with Gasteiger partial charge in [-0.1, -0.05) is 134 Å². The first-order valence-electron chi connectivity index (χ1n) is 19.7. The van der Waals surface area contributed by atoms with Gasteiger partial charge in [0.2, 0.25) is 0 Å². The zero-order valence-electron chi connectivity index (χ0n) is 30.9. The number of hydrogen-bond donors (Lipinski definition) is 1. The fraction of sp³-hybridized carbons (Fsp3) is 0.854. The lowest BCUT2D eigenvalue weighted by atomic mass is 9.72. The van der Waals surface area contributed by atoms with E-state index in [9.17, 15) is 14.7 Å². The first-order valence-corrected chi connectivity index (χ1v) is 19.7. The summed E-state index contributed by atoms with van der Waals surface area (Å²) in [5.74, 6) is -0.385. The number of aliphatic carboxylic acids is 1. The summed E-state index contributed by atoms with van der Waals surface area (Å²) in [5.41, 5.74) is -0.662. The van der Waals surface area contributed by atoms with E-state index in [0.29, 0.717) is 31.8 Å². The molecule has 0 radical (unpaired) electrons. The fourth-order valence-electron chi connectivity index (χ4n) is 6.93. The molecule has 0 spiro atoms. The number of hydrogen-bond acceptors (Lipinski definition) is 4. The van der Waals surface area contributed by atoms with Gasteiger partial charge in [0.15, 0.2) is 0 Å². The first-order chi connectivity index (χ1) is 22.3. The maximum atomic E-state index is 12.5. The number of piperidine rings is 1. The van der Waals surface area contributed by atoms with Crippen LogP contribution in [0.5, 0.6) is 0 Å². The van der Waals surface area contributed by atoms with Gasteiger partial charge < -0.3 is 14.7 Å². The third-order valence-corrected chi connectivity index (χ3v) is 10.3. The van der Waals surface area contributed by atoms with Crippen LogP contribution in [0, 0.1) is 11.3 Å². The largest absolute Gasteiger partial charge is 0.481 e. The minimum Gasteiger partial charge on any atom is -0.481 e. The Kier molecular flexibility index (Phi) is 26.2. The minimum atomic E-state index is -0.674. The number of nitrogens with zero attached hydrogens (tertiary/aromatic N) is 1. The zero-order valence-corrected chi connectivity index (χ0v) is 30.9. The van der Waals surface area contributed by atoms with Crippen LogP contribution in [0.1, 0.15) is 188 Å². The lowest BCUT2D eigenvalue weighted by Gasteiger charge is -2.44. The van der Waals surface area contributed by atoms with Gasteiger partial charge in [-0.25, -0.2) is 0 Å². The van der Waals surface area contributed by atoms with E-state index in [1.165, 1.54) is 109 Å². The summed E-state index contributed by atoms with van der Waals surface area (Å²) in [6.45, 7) is 7.70. The van der Waals surface area contributed by atoms with Crippen molar-refractivity contribution in [3.05, 3.63) is 24.3 Å². The Morgan fingerprint density at radius 1 is 0.761 bits per heavy atom. The van der Waals surface area contributed by atoms with Gasteiger partial charge in [0.25, 0.3) is 0 Å². The van der Waals surface area contributed by atoms with Crippen LogP contribution in [0.2, 0.25) is 0 Å². The predicted octanol–water partition coefficient (Wildman–Crippen LogP) is 11.8. The highest BCUT2D eigenvalue weighted by Gasteiger charge is 2.43. The molecule has 0 aromatic carbocycles. The first kappa shape index (κ1) is 42.4. The molecule has 0 saturated carbocycles. The molecule has 5 nitrogen and oxygen atoms in total. The summed E-state index contributed by atoms with van der Waals surface area (Å²) in [5, 5.41) is 9.93. The molecule has 1 fully saturated rings. The van der Waals surface area contributed by atoms with Crippen LogP contribution in [-0.4, -0.2) is 48.2 Å². The molecule has 46 heavy (non-hydrogen) atoms. The van der Waals surface area contributed by atoms with Crippen LogP contribution in [0.4, 0.5) is 0 Å². The molecule has 0 bridgehead atoms. The van der Waals surface area contributed by atoms with Gasteiger partial charge in [-0.05, 0) is 90.6 Å². The number of carbonyl (C=O) groups excluding carboxylic acids is 1. The van der Waals surface area contributed by atoms with Gasteiger partial charge in [0.05, 0.1) is 12.0 Å². The van der Waals surface area contributed by atoms with Crippen molar-refractivity contribution in [1.29, 1.82) is 0 Å². The van der Waals surface area contributed by atoms with Crippen molar-refractivity contribution in [2.75, 3.05) is 20.2 Å². The second-order valence-electron chi connectivity index (χ2n) is 14.6. The molecular weight excluding hydrogens is 570 g/mol. The van der Waals surface area contributed by atoms with Crippen molar-refractivity contribution < 1.29 is 19.4 Å². The van der Waals surface area contributed by atoms with Crippen LogP contribution < -0.4 is 0 Å². The number of allylic oxidation sites excluding steroid dienone is 4. The number of carboxylic acid groups (broad SMARTS) is 1. The average Bonchev–Trinajstić information content (AvgIpc) is 3.04. The highest BCUT2D eigenvalue weighted by Crippen LogP contribution is 2.39. The molecule has 3 unspecified atom stereocenters. The maximum Gasteiger partial charge on any atom is 0.309 e. The quantitative estimate of drug-likeness (QED) is 0.0478. The summed E-state index contributed by atoms with van der Waals surface area (Å²) >= 11 is 0. The molecule has 268 valence electrons. The van der Waals surface area contributed by atoms with Crippen LogP contribution in [-0.2, 0) is 14.3 Å². The number of ether oxygens (including phenoxy) is 1. The minimum absolute atomic E-state index is 0.0734. The summed E-state index contributed by atoms with van der Waals surface area (Å²) < 4.78 is 5.73. The van der Waals surface area contributed by atoms with Crippen molar-refractivity contribution in [3.8, 4) is 0 Å². The third-order valence-electron chi connectivity index (χ3n) is 10.3. The molecule has 5 heteroatoms. The predicted molar refractivity (Wildman–Crippen MR) is 196 cm³/mol. The van der Waals surface area contributed by atoms with Crippen molar-refractivity contribution in [2.45, 2.75) is 194 Å². The smallest absolute Gasteiger partial charge is 0.309 e. The summed E-state index contributed by atoms with van der Waals surface area (Å²) in [6.07, 6.45) is 39.1. The average molecular weight is 646 g/mol. The van der Waals surface area contributed by atoms with E-state index in [4.69, 9.17) is 4.74 Å². The molecule has 1 N–H and O–H groups in total. The molecule has 1 heterocycles. The zero-order chi connectivity index (χ0) is 33.7. The summed E-state index contributed by atoms with van der Waals surface area (Å²) in [4.78, 5) is 27.0. The SMILES string of the molecule is CCCCC/C=C\C/C=C\CCCCCCCC(=O)OCCC(CCCCCCCCCCCC)C1CC(C)(C(=O)O)CCN1C. The van der Waals surface area contributed by atoms with E-state index < -0.39 is 11.4 Å². The second-order valence-corrected chi connectivity index (χ2v) is 14.6. The molecule has 1 saturated heterocycles. The van der Waals surface area contributed by atoms with Gasteiger partial charge in [-0.15, -0.1) is 0 Å². The Hall–Kier alpha value is -1.62. The molecule has 3 atom stereocenters. The standard InChI is InChI=1S/C41H75NO4/c1-5-7-9-11-13-15-17-18-19-20-21-23-25-27-29-31-39(43)46-35-32-37(30-28-26-24-22-16-14-12-10-8-6-2)38-36-41(3,40(44)45)33-34-42(38)4/h13,15,18-19,37-38H,5-12,14,16-17,20-36H2,1-4H3,(H,44,45)/b15-13-,19-18-. The van der Waals surface area contributed by atoms with E-state index in [1.54, 1.807) is 0 Å². The van der Waals surface area contributed by atoms with Crippen LogP contribution in [0.15, 0.2) is 24.3 Å². The van der Waals surface area contributed by atoms with Crippen LogP contribution in [0.3, 0.4) is 0 Å². The van der Waals surface area contributed by atoms with Crippen molar-refractivity contribution in [3.63, 3.8) is 0 Å². The van der Waals surface area contributed by atoms with Gasteiger partial charge in [-0.2, -0.15) is 0 Å². The summed E-state index contributed by atoms with van der Waals surface area (Å²) in [6, 6.07) is 0.231. The van der Waals surface area contributed by atoms with Crippen LogP contribution >= 0.6 is 0 Å². The molecule has 0 aromatic heterocycles. The van der Waals surface area contributed by atoms with Crippen LogP contribution in [0.25, 0.3) is 0 Å². The van der Waals surface area contributed by atoms with E-state index >= 15 is 0 Å². The highest BCUT2D eigenvalue weighted by molar-refractivity contribution is 5.74. The Labute approximate surface area is 285 Å². The number of rotatable bonds is 30. The number of esters is 1. The van der Waals surface area contributed by atoms with Gasteiger partial charge >= 0.3 is 11.9 Å². The molecule has 0 amide bonds. The number of carbonyl (C=O) groups is 2. The molecular formula is C41H75NO4. The maximum absolute atomic E-state index is 12.5. The Morgan fingerprint density at radius 2 is 1.28 bits per heavy atom. The molecule has 1 rings (SSSR count). The third kappa shape index (κ3) is 21.3. The number of unbranched alkanes of at least 4 members (excludes halogenated alkanes) is 17. The fourth-order valence-corrected chi connectivity index (χ4v) is 6.93. The lowest BCUT2D eigenvalue weighted by Crippen LogP contribution is -2.50. The van der Waals surface area contributed by atoms with Crippen molar-refractivity contribution in [1.82, 2.24) is 4.90 Å². The molecule has 0 aliphatic carbocycles. The van der Waals surface area contributed by atoms with Gasteiger partial charge in [-0.3, -0.25) is 9.59 Å². The second kappa shape index (κ2) is 28.4. The van der Waals surface area contributed by atoms with E-state index in [-0.39, 0.29) is 12.0 Å². The molecule has 0 aromatic rings. The summed E-state index contributed by atoms with van der Waals surface area (Å²) in [7, 11) is 2.15. The Balaban J connectivity index is 2.30. The lowest BCUT2D eigenvalue weighted by molar-refractivity contribution is -0.152. The van der Waals surface area contributed by atoms with Gasteiger partial charge in [0, 0.05) is 12.5 Å². The topological polar surface area (TPSA) is 66.8 Å². The van der Waals surface area contributed by atoms with Crippen molar-refractivity contribution >= 4 is 11.9 Å². The molecule has 1 aliphatic rings. The normalized spacial score (nSPS) is 19.7. The van der Waals surface area contributed by atoms with Crippen molar-refractivity contribution in [2.24, 2.45) is 11.3 Å². The van der Waals surface area contributed by atoms with Gasteiger partial charge in [0.1, 0.15) is 0 Å². The Bertz CT molecular complexity index is 808. The molecule has 1 aliphatic heterocycles.